The Labute approximate surface area is 129 Å². The lowest BCUT2D eigenvalue weighted by Crippen LogP contribution is -2.45. The first-order valence-electron chi connectivity index (χ1n) is 8.08. The SMILES string of the molecule is CCC(C)C(c1ccncc1)(C(C)C)C(C)n1cccc1. The molecule has 3 unspecified atom stereocenters. The molecule has 0 amide bonds. The summed E-state index contributed by atoms with van der Waals surface area (Å²) in [5, 5.41) is 0. The third-order valence-corrected chi connectivity index (χ3v) is 5.33. The van der Waals surface area contributed by atoms with Crippen LogP contribution in [0.4, 0.5) is 0 Å². The maximum absolute atomic E-state index is 4.22. The molecule has 21 heavy (non-hydrogen) atoms. The van der Waals surface area contributed by atoms with Crippen LogP contribution in [0.1, 0.15) is 52.6 Å². The maximum atomic E-state index is 4.22. The summed E-state index contributed by atoms with van der Waals surface area (Å²) < 4.78 is 2.35. The summed E-state index contributed by atoms with van der Waals surface area (Å²) in [7, 11) is 0. The molecule has 0 aliphatic rings. The van der Waals surface area contributed by atoms with Crippen molar-refractivity contribution in [2.45, 2.75) is 52.5 Å². The number of pyridine rings is 1. The molecule has 114 valence electrons. The fourth-order valence-electron chi connectivity index (χ4n) is 4.15. The van der Waals surface area contributed by atoms with Gasteiger partial charge in [-0.3, -0.25) is 4.98 Å². The van der Waals surface area contributed by atoms with Gasteiger partial charge < -0.3 is 4.57 Å². The Morgan fingerprint density at radius 2 is 1.62 bits per heavy atom. The molecule has 2 heteroatoms. The van der Waals surface area contributed by atoms with Crippen molar-refractivity contribution in [2.75, 3.05) is 0 Å². The summed E-state index contributed by atoms with van der Waals surface area (Å²) in [6, 6.07) is 9.04. The highest BCUT2D eigenvalue weighted by atomic mass is 15.0. The van der Waals surface area contributed by atoms with Gasteiger partial charge >= 0.3 is 0 Å². The van der Waals surface area contributed by atoms with Gasteiger partial charge in [0.2, 0.25) is 0 Å². The molecule has 2 nitrogen and oxygen atoms in total. The average Bonchev–Trinajstić information content (AvgIpc) is 3.02. The van der Waals surface area contributed by atoms with Crippen LogP contribution >= 0.6 is 0 Å². The van der Waals surface area contributed by atoms with E-state index in [1.165, 1.54) is 12.0 Å². The van der Waals surface area contributed by atoms with Crippen molar-refractivity contribution >= 4 is 0 Å². The first kappa shape index (κ1) is 15.8. The number of aromatic nitrogens is 2. The molecule has 0 bridgehead atoms. The third-order valence-electron chi connectivity index (χ3n) is 5.33. The highest BCUT2D eigenvalue weighted by Gasteiger charge is 2.45. The van der Waals surface area contributed by atoms with Gasteiger partial charge in [0.1, 0.15) is 0 Å². The van der Waals surface area contributed by atoms with Gasteiger partial charge in [-0.1, -0.05) is 34.1 Å². The largest absolute Gasteiger partial charge is 0.351 e. The summed E-state index contributed by atoms with van der Waals surface area (Å²) in [5.41, 5.74) is 1.51. The van der Waals surface area contributed by atoms with Crippen molar-refractivity contribution in [3.63, 3.8) is 0 Å². The fourth-order valence-corrected chi connectivity index (χ4v) is 4.15. The lowest BCUT2D eigenvalue weighted by atomic mass is 9.59. The fraction of sp³-hybridized carbons (Fsp3) is 0.526. The molecule has 0 aromatic carbocycles. The van der Waals surface area contributed by atoms with Crippen molar-refractivity contribution in [3.05, 3.63) is 54.6 Å². The Hall–Kier alpha value is -1.57. The van der Waals surface area contributed by atoms with Crippen molar-refractivity contribution in [1.29, 1.82) is 0 Å². The van der Waals surface area contributed by atoms with Crippen LogP contribution in [0.3, 0.4) is 0 Å². The first-order valence-corrected chi connectivity index (χ1v) is 8.08. The minimum absolute atomic E-state index is 0.108. The molecular formula is C19H28N2. The first-order chi connectivity index (χ1) is 10.0. The predicted molar refractivity (Wildman–Crippen MR) is 89.4 cm³/mol. The van der Waals surface area contributed by atoms with E-state index >= 15 is 0 Å². The molecule has 2 heterocycles. The minimum Gasteiger partial charge on any atom is -0.351 e. The summed E-state index contributed by atoms with van der Waals surface area (Å²) in [4.78, 5) is 4.22. The Morgan fingerprint density at radius 3 is 2.10 bits per heavy atom. The zero-order valence-electron chi connectivity index (χ0n) is 14.0. The van der Waals surface area contributed by atoms with E-state index in [9.17, 15) is 0 Å². The van der Waals surface area contributed by atoms with Crippen LogP contribution in [0.25, 0.3) is 0 Å². The molecule has 2 rings (SSSR count). The van der Waals surface area contributed by atoms with Gasteiger partial charge in [0.05, 0.1) is 0 Å². The molecule has 2 aromatic heterocycles. The molecule has 0 saturated heterocycles. The number of hydrogen-bond acceptors (Lipinski definition) is 1. The highest BCUT2D eigenvalue weighted by Crippen LogP contribution is 2.48. The second kappa shape index (κ2) is 6.46. The lowest BCUT2D eigenvalue weighted by Gasteiger charge is -2.48. The molecule has 0 spiro atoms. The van der Waals surface area contributed by atoms with E-state index in [0.717, 1.165) is 0 Å². The van der Waals surface area contributed by atoms with E-state index in [1.807, 2.05) is 12.4 Å². The van der Waals surface area contributed by atoms with Crippen LogP contribution in [-0.4, -0.2) is 9.55 Å². The molecule has 0 radical (unpaired) electrons. The topological polar surface area (TPSA) is 17.8 Å². The zero-order chi connectivity index (χ0) is 15.5. The van der Waals surface area contributed by atoms with Crippen LogP contribution in [0.2, 0.25) is 0 Å². The smallest absolute Gasteiger partial charge is 0.0404 e. The quantitative estimate of drug-likeness (QED) is 0.723. The third kappa shape index (κ3) is 2.64. The van der Waals surface area contributed by atoms with E-state index < -0.39 is 0 Å². The molecule has 0 aliphatic heterocycles. The highest BCUT2D eigenvalue weighted by molar-refractivity contribution is 5.27. The Kier molecular flexibility index (Phi) is 4.87. The van der Waals surface area contributed by atoms with Crippen molar-refractivity contribution in [2.24, 2.45) is 11.8 Å². The van der Waals surface area contributed by atoms with E-state index in [4.69, 9.17) is 0 Å². The Bertz CT molecular complexity index is 530. The molecule has 0 saturated carbocycles. The second-order valence-electron chi connectivity index (χ2n) is 6.44. The number of hydrogen-bond donors (Lipinski definition) is 0. The summed E-state index contributed by atoms with van der Waals surface area (Å²) >= 11 is 0. The monoisotopic (exact) mass is 284 g/mol. The standard InChI is InChI=1S/C19H28N2/c1-6-16(4)19(15(2)3,18-9-11-20-12-10-18)17(5)21-13-7-8-14-21/h7-17H,6H2,1-5H3. The molecule has 0 fully saturated rings. The van der Waals surface area contributed by atoms with Gasteiger partial charge in [0, 0.05) is 36.2 Å². The summed E-state index contributed by atoms with van der Waals surface area (Å²) in [6.07, 6.45) is 9.40. The zero-order valence-corrected chi connectivity index (χ0v) is 14.0. The molecule has 2 aromatic rings. The van der Waals surface area contributed by atoms with Crippen molar-refractivity contribution < 1.29 is 0 Å². The molecule has 3 atom stereocenters. The average molecular weight is 284 g/mol. The van der Waals surface area contributed by atoms with Gasteiger partial charge in [0.15, 0.2) is 0 Å². The van der Waals surface area contributed by atoms with Crippen molar-refractivity contribution in [3.8, 4) is 0 Å². The van der Waals surface area contributed by atoms with Crippen LogP contribution in [-0.2, 0) is 5.41 Å². The van der Waals surface area contributed by atoms with Gasteiger partial charge in [-0.25, -0.2) is 0 Å². The Morgan fingerprint density at radius 1 is 1.05 bits per heavy atom. The van der Waals surface area contributed by atoms with Gasteiger partial charge in [-0.2, -0.15) is 0 Å². The maximum Gasteiger partial charge on any atom is 0.0404 e. The summed E-state index contributed by atoms with van der Waals surface area (Å²) in [6.45, 7) is 11.7. The molecule has 0 aliphatic carbocycles. The van der Waals surface area contributed by atoms with Crippen molar-refractivity contribution in [1.82, 2.24) is 9.55 Å². The van der Waals surface area contributed by atoms with E-state index in [2.05, 4.69) is 80.8 Å². The van der Waals surface area contributed by atoms with E-state index in [-0.39, 0.29) is 5.41 Å². The van der Waals surface area contributed by atoms with Crippen LogP contribution < -0.4 is 0 Å². The number of rotatable bonds is 6. The lowest BCUT2D eigenvalue weighted by molar-refractivity contribution is 0.127. The minimum atomic E-state index is 0.108. The molecule has 0 N–H and O–H groups in total. The van der Waals surface area contributed by atoms with E-state index in [0.29, 0.717) is 17.9 Å². The normalized spacial score (nSPS) is 17.4. The molecular weight excluding hydrogens is 256 g/mol. The van der Waals surface area contributed by atoms with Crippen LogP contribution in [0.15, 0.2) is 49.1 Å². The van der Waals surface area contributed by atoms with Gasteiger partial charge in [-0.15, -0.1) is 0 Å². The van der Waals surface area contributed by atoms with Gasteiger partial charge in [0.25, 0.3) is 0 Å². The second-order valence-corrected chi connectivity index (χ2v) is 6.44. The van der Waals surface area contributed by atoms with Gasteiger partial charge in [-0.05, 0) is 48.6 Å². The van der Waals surface area contributed by atoms with Crippen LogP contribution in [0.5, 0.6) is 0 Å². The Balaban J connectivity index is 2.62. The summed E-state index contributed by atoms with van der Waals surface area (Å²) in [5.74, 6) is 1.14. The number of nitrogens with zero attached hydrogens (tertiary/aromatic N) is 2. The predicted octanol–water partition coefficient (Wildman–Crippen LogP) is 5.08. The van der Waals surface area contributed by atoms with E-state index in [1.54, 1.807) is 0 Å². The van der Waals surface area contributed by atoms with Crippen LogP contribution in [0, 0.1) is 11.8 Å².